The number of amidine groups is 1. The number of oxime groups is 1. The van der Waals surface area contributed by atoms with Gasteiger partial charge in [-0.1, -0.05) is 11.2 Å². The predicted molar refractivity (Wildman–Crippen MR) is 93.5 cm³/mol. The van der Waals surface area contributed by atoms with Crippen molar-refractivity contribution in [3.8, 4) is 11.4 Å². The average Bonchev–Trinajstić information content (AvgIpc) is 3.22. The quantitative estimate of drug-likeness (QED) is 0.859. The highest BCUT2D eigenvalue weighted by Gasteiger charge is 2.33. The van der Waals surface area contributed by atoms with Gasteiger partial charge in [0.15, 0.2) is 12.0 Å². The molecule has 130 valence electrons. The molecule has 0 N–H and O–H groups in total. The first-order chi connectivity index (χ1) is 12.2. The van der Waals surface area contributed by atoms with E-state index in [0.717, 1.165) is 35.1 Å². The van der Waals surface area contributed by atoms with Crippen molar-refractivity contribution in [2.45, 2.75) is 20.1 Å². The fraction of sp³-hybridized carbons (Fsp3) is 0.333. The van der Waals surface area contributed by atoms with Gasteiger partial charge in [0.25, 0.3) is 0 Å². The first kappa shape index (κ1) is 15.6. The third-order valence-corrected chi connectivity index (χ3v) is 4.30. The molecule has 1 unspecified atom stereocenters. The Morgan fingerprint density at radius 1 is 1.36 bits per heavy atom. The van der Waals surface area contributed by atoms with Crippen LogP contribution in [0.5, 0.6) is 5.75 Å². The minimum Gasteiger partial charge on any atom is -0.495 e. The first-order valence-electron chi connectivity index (χ1n) is 8.20. The lowest BCUT2D eigenvalue weighted by Gasteiger charge is -2.28. The van der Waals surface area contributed by atoms with Gasteiger partial charge in [0.05, 0.1) is 31.4 Å². The van der Waals surface area contributed by atoms with E-state index in [1.165, 1.54) is 0 Å². The zero-order chi connectivity index (χ0) is 17.4. The number of methoxy groups -OCH3 is 1. The van der Waals surface area contributed by atoms with Crippen molar-refractivity contribution in [3.05, 3.63) is 47.7 Å². The van der Waals surface area contributed by atoms with Crippen molar-refractivity contribution in [2.75, 3.05) is 20.3 Å². The molecule has 2 aromatic rings. The van der Waals surface area contributed by atoms with E-state index in [0.29, 0.717) is 12.4 Å². The normalized spacial score (nSPS) is 20.8. The van der Waals surface area contributed by atoms with Gasteiger partial charge < -0.3 is 23.8 Å². The number of rotatable bonds is 3. The molecule has 2 aliphatic rings. The number of benzene rings is 1. The highest BCUT2D eigenvalue weighted by atomic mass is 16.7. The Labute approximate surface area is 146 Å². The maximum Gasteiger partial charge on any atom is 0.213 e. The number of fused-ring (bicyclic) bond motifs is 1. The minimum absolute atomic E-state index is 0.0521. The Hall–Kier alpha value is -2.96. The van der Waals surface area contributed by atoms with Gasteiger partial charge >= 0.3 is 0 Å². The van der Waals surface area contributed by atoms with Crippen LogP contribution in [0.1, 0.15) is 18.2 Å². The Morgan fingerprint density at radius 2 is 2.24 bits per heavy atom. The molecule has 0 aliphatic carbocycles. The molecular formula is C18H20N4O3. The Bertz CT molecular complexity index is 856. The van der Waals surface area contributed by atoms with Crippen molar-refractivity contribution in [3.63, 3.8) is 0 Å². The summed E-state index contributed by atoms with van der Waals surface area (Å²) in [6.45, 7) is 5.32. The number of hydrogen-bond donors (Lipinski definition) is 0. The standard InChI is InChI=1S/C18H20N4O3/c1-12-10-21(11-19-12)15-5-4-14(8-16(15)23-3)9-17-18-20-25-13(2)22(18)6-7-24-17/h4-5,8-11,13H,6-7H2,1-3H3. The molecular weight excluding hydrogens is 320 g/mol. The van der Waals surface area contributed by atoms with E-state index >= 15 is 0 Å². The summed E-state index contributed by atoms with van der Waals surface area (Å²) in [6, 6.07) is 5.99. The van der Waals surface area contributed by atoms with Crippen molar-refractivity contribution in [1.82, 2.24) is 14.5 Å². The van der Waals surface area contributed by atoms with Crippen LogP contribution in [0.25, 0.3) is 11.8 Å². The molecule has 1 aromatic heterocycles. The molecule has 0 saturated carbocycles. The lowest BCUT2D eigenvalue weighted by molar-refractivity contribution is 0.0137. The van der Waals surface area contributed by atoms with Gasteiger partial charge in [-0.25, -0.2) is 4.98 Å². The van der Waals surface area contributed by atoms with Crippen LogP contribution in [0.2, 0.25) is 0 Å². The summed E-state index contributed by atoms with van der Waals surface area (Å²) in [5.74, 6) is 2.22. The maximum absolute atomic E-state index is 5.79. The molecule has 1 fully saturated rings. The zero-order valence-electron chi connectivity index (χ0n) is 14.5. The highest BCUT2D eigenvalue weighted by molar-refractivity contribution is 6.01. The Morgan fingerprint density at radius 3 is 3.00 bits per heavy atom. The van der Waals surface area contributed by atoms with E-state index in [2.05, 4.69) is 15.0 Å². The molecule has 0 radical (unpaired) electrons. The van der Waals surface area contributed by atoms with Crippen LogP contribution < -0.4 is 4.74 Å². The fourth-order valence-electron chi connectivity index (χ4n) is 3.01. The molecule has 7 nitrogen and oxygen atoms in total. The van der Waals surface area contributed by atoms with Crippen molar-refractivity contribution in [1.29, 1.82) is 0 Å². The van der Waals surface area contributed by atoms with Gasteiger partial charge in [0, 0.05) is 6.20 Å². The van der Waals surface area contributed by atoms with Gasteiger partial charge in [-0.3, -0.25) is 0 Å². The summed E-state index contributed by atoms with van der Waals surface area (Å²) in [6.07, 6.45) is 5.64. The van der Waals surface area contributed by atoms with Gasteiger partial charge in [-0.15, -0.1) is 0 Å². The fourth-order valence-corrected chi connectivity index (χ4v) is 3.01. The van der Waals surface area contributed by atoms with E-state index in [4.69, 9.17) is 14.3 Å². The summed E-state index contributed by atoms with van der Waals surface area (Å²) < 4.78 is 13.3. The minimum atomic E-state index is -0.0521. The smallest absolute Gasteiger partial charge is 0.213 e. The number of nitrogens with zero attached hydrogens (tertiary/aromatic N) is 4. The van der Waals surface area contributed by atoms with E-state index in [1.807, 2.05) is 48.9 Å². The lowest BCUT2D eigenvalue weighted by Crippen LogP contribution is -2.41. The largest absolute Gasteiger partial charge is 0.495 e. The summed E-state index contributed by atoms with van der Waals surface area (Å²) in [4.78, 5) is 11.7. The second kappa shape index (κ2) is 6.16. The molecule has 1 aromatic carbocycles. The van der Waals surface area contributed by atoms with E-state index in [9.17, 15) is 0 Å². The summed E-state index contributed by atoms with van der Waals surface area (Å²) in [5.41, 5.74) is 2.86. The van der Waals surface area contributed by atoms with Crippen LogP contribution in [0.3, 0.4) is 0 Å². The number of imidazole rings is 1. The molecule has 4 rings (SSSR count). The van der Waals surface area contributed by atoms with Gasteiger partial charge in [0.2, 0.25) is 5.84 Å². The number of ether oxygens (including phenoxy) is 2. The van der Waals surface area contributed by atoms with E-state index in [1.54, 1.807) is 13.4 Å². The Balaban J connectivity index is 1.67. The average molecular weight is 340 g/mol. The third kappa shape index (κ3) is 2.82. The molecule has 7 heteroatoms. The maximum atomic E-state index is 5.79. The van der Waals surface area contributed by atoms with Gasteiger partial charge in [-0.2, -0.15) is 0 Å². The van der Waals surface area contributed by atoms with Crippen molar-refractivity contribution in [2.24, 2.45) is 5.16 Å². The van der Waals surface area contributed by atoms with E-state index in [-0.39, 0.29) is 6.23 Å². The highest BCUT2D eigenvalue weighted by Crippen LogP contribution is 2.28. The molecule has 1 saturated heterocycles. The third-order valence-electron chi connectivity index (χ3n) is 4.30. The van der Waals surface area contributed by atoms with Crippen molar-refractivity contribution >= 4 is 11.9 Å². The van der Waals surface area contributed by atoms with Crippen molar-refractivity contribution < 1.29 is 14.3 Å². The molecule has 0 amide bonds. The van der Waals surface area contributed by atoms with Crippen LogP contribution in [-0.2, 0) is 9.57 Å². The second-order valence-corrected chi connectivity index (χ2v) is 6.02. The summed E-state index contributed by atoms with van der Waals surface area (Å²) >= 11 is 0. The molecule has 25 heavy (non-hydrogen) atoms. The first-order valence-corrected chi connectivity index (χ1v) is 8.20. The monoisotopic (exact) mass is 340 g/mol. The molecule has 1 atom stereocenters. The second-order valence-electron chi connectivity index (χ2n) is 6.02. The zero-order valence-corrected chi connectivity index (χ0v) is 14.5. The predicted octanol–water partition coefficient (Wildman–Crippen LogP) is 2.55. The van der Waals surface area contributed by atoms with Crippen LogP contribution in [0.4, 0.5) is 0 Å². The molecule has 2 aliphatic heterocycles. The van der Waals surface area contributed by atoms with Gasteiger partial charge in [0.1, 0.15) is 12.4 Å². The SMILES string of the molecule is COc1cc(C=C2OCCN3C2=NOC3C)ccc1-n1cnc(C)c1. The Kier molecular flexibility index (Phi) is 3.83. The number of morpholine rings is 1. The topological polar surface area (TPSA) is 61.1 Å². The summed E-state index contributed by atoms with van der Waals surface area (Å²) in [7, 11) is 1.66. The molecule has 0 bridgehead atoms. The van der Waals surface area contributed by atoms with E-state index < -0.39 is 0 Å². The van der Waals surface area contributed by atoms with Gasteiger partial charge in [-0.05, 0) is 37.6 Å². The van der Waals surface area contributed by atoms with Crippen LogP contribution in [0.15, 0.2) is 41.6 Å². The van der Waals surface area contributed by atoms with Crippen LogP contribution >= 0.6 is 0 Å². The number of hydrogen-bond acceptors (Lipinski definition) is 6. The lowest BCUT2D eigenvalue weighted by atomic mass is 10.1. The molecule has 0 spiro atoms. The van der Waals surface area contributed by atoms with Crippen LogP contribution in [-0.4, -0.2) is 46.8 Å². The number of aromatic nitrogens is 2. The molecule has 3 heterocycles. The number of aryl methyl sites for hydroxylation is 1. The summed E-state index contributed by atoms with van der Waals surface area (Å²) in [5, 5.41) is 4.13. The van der Waals surface area contributed by atoms with Crippen LogP contribution in [0, 0.1) is 6.92 Å².